The molecule has 1 aromatic carbocycles. The lowest BCUT2D eigenvalue weighted by atomic mass is 10.1. The Balaban J connectivity index is 3.41. The van der Waals surface area contributed by atoms with Gasteiger partial charge in [-0.1, -0.05) is 6.08 Å². The monoisotopic (exact) mass is 264 g/mol. The molecule has 19 heavy (non-hydrogen) atoms. The lowest BCUT2D eigenvalue weighted by Gasteiger charge is -2.28. The van der Waals surface area contributed by atoms with E-state index in [-0.39, 0.29) is 17.3 Å². The molecule has 0 spiro atoms. The summed E-state index contributed by atoms with van der Waals surface area (Å²) in [6, 6.07) is 3.73. The van der Waals surface area contributed by atoms with Crippen molar-refractivity contribution in [3.63, 3.8) is 0 Å². The molecule has 0 fully saturated rings. The van der Waals surface area contributed by atoms with Gasteiger partial charge in [0.1, 0.15) is 0 Å². The van der Waals surface area contributed by atoms with Gasteiger partial charge in [0.25, 0.3) is 5.69 Å². The van der Waals surface area contributed by atoms with Gasteiger partial charge in [0.15, 0.2) is 0 Å². The van der Waals surface area contributed by atoms with Crippen molar-refractivity contribution in [2.24, 2.45) is 0 Å². The van der Waals surface area contributed by atoms with Crippen LogP contribution in [0.5, 0.6) is 0 Å². The first kappa shape index (κ1) is 14.7. The molecule has 0 aliphatic heterocycles. The van der Waals surface area contributed by atoms with Gasteiger partial charge in [0, 0.05) is 24.7 Å². The summed E-state index contributed by atoms with van der Waals surface area (Å²) in [6.45, 7) is 7.80. The topological polar surface area (TPSA) is 83.7 Å². The fraction of sp³-hybridized carbons (Fsp3) is 0.308. The number of benzene rings is 1. The van der Waals surface area contributed by atoms with Gasteiger partial charge in [0.05, 0.1) is 16.2 Å². The number of nitrogens with zero attached hydrogens (tertiary/aromatic N) is 2. The van der Waals surface area contributed by atoms with E-state index in [1.165, 1.54) is 18.2 Å². The number of non-ortho nitro benzene ring substituents is 1. The molecule has 0 bridgehead atoms. The summed E-state index contributed by atoms with van der Waals surface area (Å²) in [5.41, 5.74) is 0.243. The standard InChI is InChI=1S/C13H16N2O4/c1-4-7-14(9(2)3)12-8-10(15(18)19)5-6-11(12)13(16)17/h4-6,8-9H,1,7H2,2-3H3,(H,16,17). The van der Waals surface area contributed by atoms with E-state index in [1.54, 1.807) is 11.0 Å². The number of aromatic carboxylic acids is 1. The molecule has 1 N–H and O–H groups in total. The molecular weight excluding hydrogens is 248 g/mol. The normalized spacial score (nSPS) is 10.3. The van der Waals surface area contributed by atoms with Crippen LogP contribution in [0.4, 0.5) is 11.4 Å². The molecule has 0 unspecified atom stereocenters. The molecule has 0 aliphatic carbocycles. The zero-order valence-corrected chi connectivity index (χ0v) is 10.9. The zero-order valence-electron chi connectivity index (χ0n) is 10.9. The Kier molecular flexibility index (Phi) is 4.63. The summed E-state index contributed by atoms with van der Waals surface area (Å²) < 4.78 is 0. The Morgan fingerprint density at radius 2 is 2.21 bits per heavy atom. The van der Waals surface area contributed by atoms with Crippen LogP contribution in [-0.2, 0) is 0 Å². The average Bonchev–Trinajstić information content (AvgIpc) is 2.34. The third-order valence-corrected chi connectivity index (χ3v) is 2.68. The van der Waals surface area contributed by atoms with Crippen molar-refractivity contribution in [2.75, 3.05) is 11.4 Å². The molecule has 1 aromatic rings. The van der Waals surface area contributed by atoms with E-state index in [4.69, 9.17) is 0 Å². The number of carbonyl (C=O) groups is 1. The van der Waals surface area contributed by atoms with E-state index in [0.29, 0.717) is 12.2 Å². The quantitative estimate of drug-likeness (QED) is 0.485. The maximum Gasteiger partial charge on any atom is 0.337 e. The van der Waals surface area contributed by atoms with Crippen molar-refractivity contribution in [3.8, 4) is 0 Å². The molecule has 0 atom stereocenters. The number of nitro groups is 1. The van der Waals surface area contributed by atoms with E-state index in [9.17, 15) is 20.0 Å². The molecule has 6 nitrogen and oxygen atoms in total. The third kappa shape index (κ3) is 3.31. The van der Waals surface area contributed by atoms with Crippen LogP contribution in [0, 0.1) is 10.1 Å². The minimum absolute atomic E-state index is 0.00176. The van der Waals surface area contributed by atoms with Gasteiger partial charge < -0.3 is 10.0 Å². The average molecular weight is 264 g/mol. The summed E-state index contributed by atoms with van der Waals surface area (Å²) in [4.78, 5) is 23.2. The number of anilines is 1. The minimum Gasteiger partial charge on any atom is -0.478 e. The van der Waals surface area contributed by atoms with E-state index in [2.05, 4.69) is 6.58 Å². The highest BCUT2D eigenvalue weighted by molar-refractivity contribution is 5.95. The highest BCUT2D eigenvalue weighted by Gasteiger charge is 2.21. The summed E-state index contributed by atoms with van der Waals surface area (Å²) >= 11 is 0. The number of rotatable bonds is 6. The molecule has 0 heterocycles. The molecule has 6 heteroatoms. The minimum atomic E-state index is -1.11. The molecule has 0 amide bonds. The highest BCUT2D eigenvalue weighted by atomic mass is 16.6. The van der Waals surface area contributed by atoms with E-state index in [1.807, 2.05) is 13.8 Å². The van der Waals surface area contributed by atoms with Crippen molar-refractivity contribution >= 4 is 17.3 Å². The summed E-state index contributed by atoms with van der Waals surface area (Å²) in [5, 5.41) is 20.0. The van der Waals surface area contributed by atoms with Gasteiger partial charge in [0.2, 0.25) is 0 Å². The maximum absolute atomic E-state index is 11.2. The van der Waals surface area contributed by atoms with Gasteiger partial charge in [-0.25, -0.2) is 4.79 Å². The van der Waals surface area contributed by atoms with Gasteiger partial charge in [-0.3, -0.25) is 10.1 Å². The van der Waals surface area contributed by atoms with Crippen molar-refractivity contribution in [1.82, 2.24) is 0 Å². The first-order valence-electron chi connectivity index (χ1n) is 5.77. The highest BCUT2D eigenvalue weighted by Crippen LogP contribution is 2.27. The Bertz CT molecular complexity index is 511. The van der Waals surface area contributed by atoms with Gasteiger partial charge in [-0.05, 0) is 19.9 Å². The van der Waals surface area contributed by atoms with Gasteiger partial charge in [-0.15, -0.1) is 6.58 Å². The molecule has 0 saturated carbocycles. The van der Waals surface area contributed by atoms with Crippen LogP contribution >= 0.6 is 0 Å². The van der Waals surface area contributed by atoms with Crippen LogP contribution < -0.4 is 4.90 Å². The summed E-state index contributed by atoms with van der Waals surface area (Å²) in [7, 11) is 0. The molecule has 1 rings (SSSR count). The van der Waals surface area contributed by atoms with Crippen molar-refractivity contribution in [3.05, 3.63) is 46.5 Å². The Hall–Kier alpha value is -2.37. The fourth-order valence-electron chi connectivity index (χ4n) is 1.78. The van der Waals surface area contributed by atoms with Crippen LogP contribution in [0.2, 0.25) is 0 Å². The fourth-order valence-corrected chi connectivity index (χ4v) is 1.78. The number of carboxylic acid groups (broad SMARTS) is 1. The van der Waals surface area contributed by atoms with Crippen LogP contribution in [0.15, 0.2) is 30.9 Å². The second-order valence-electron chi connectivity index (χ2n) is 4.30. The van der Waals surface area contributed by atoms with E-state index < -0.39 is 10.9 Å². The smallest absolute Gasteiger partial charge is 0.337 e. The molecule has 102 valence electrons. The number of hydrogen-bond donors (Lipinski definition) is 1. The Labute approximate surface area is 111 Å². The molecule has 0 radical (unpaired) electrons. The lowest BCUT2D eigenvalue weighted by Crippen LogP contribution is -2.32. The lowest BCUT2D eigenvalue weighted by molar-refractivity contribution is -0.384. The first-order chi connectivity index (χ1) is 8.88. The molecule has 0 aromatic heterocycles. The van der Waals surface area contributed by atoms with Crippen molar-refractivity contribution in [1.29, 1.82) is 0 Å². The SMILES string of the molecule is C=CCN(c1cc([N+](=O)[O-])ccc1C(=O)O)C(C)C. The van der Waals surface area contributed by atoms with Crippen LogP contribution in [0.25, 0.3) is 0 Å². The van der Waals surface area contributed by atoms with Crippen molar-refractivity contribution in [2.45, 2.75) is 19.9 Å². The largest absolute Gasteiger partial charge is 0.478 e. The van der Waals surface area contributed by atoms with Crippen molar-refractivity contribution < 1.29 is 14.8 Å². The number of carboxylic acids is 1. The maximum atomic E-state index is 11.2. The predicted octanol–water partition coefficient (Wildman–Crippen LogP) is 2.69. The van der Waals surface area contributed by atoms with E-state index >= 15 is 0 Å². The second kappa shape index (κ2) is 5.99. The number of hydrogen-bond acceptors (Lipinski definition) is 4. The van der Waals surface area contributed by atoms with Crippen LogP contribution in [-0.4, -0.2) is 28.6 Å². The Morgan fingerprint density at radius 3 is 2.63 bits per heavy atom. The molecule has 0 saturated heterocycles. The van der Waals surface area contributed by atoms with Crippen LogP contribution in [0.1, 0.15) is 24.2 Å². The summed E-state index contributed by atoms with van der Waals surface area (Å²) in [6.07, 6.45) is 1.63. The zero-order chi connectivity index (χ0) is 14.6. The predicted molar refractivity (Wildman–Crippen MR) is 72.7 cm³/mol. The van der Waals surface area contributed by atoms with Gasteiger partial charge >= 0.3 is 5.97 Å². The molecule has 0 aliphatic rings. The van der Waals surface area contributed by atoms with Gasteiger partial charge in [-0.2, -0.15) is 0 Å². The second-order valence-corrected chi connectivity index (χ2v) is 4.30. The van der Waals surface area contributed by atoms with Crippen LogP contribution in [0.3, 0.4) is 0 Å². The van der Waals surface area contributed by atoms with E-state index in [0.717, 1.165) is 0 Å². The Morgan fingerprint density at radius 1 is 1.58 bits per heavy atom. The third-order valence-electron chi connectivity index (χ3n) is 2.68. The first-order valence-corrected chi connectivity index (χ1v) is 5.77. The molecular formula is C13H16N2O4. The summed E-state index contributed by atoms with van der Waals surface area (Å²) in [5.74, 6) is -1.11. The number of nitro benzene ring substituents is 1.